The van der Waals surface area contributed by atoms with Crippen molar-refractivity contribution in [1.82, 2.24) is 19.9 Å². The number of nitrogens with one attached hydrogen (secondary N) is 2. The summed E-state index contributed by atoms with van der Waals surface area (Å²) in [6.07, 6.45) is 8.70. The first-order valence-electron chi connectivity index (χ1n) is 6.94. The first kappa shape index (κ1) is 11.2. The van der Waals surface area contributed by atoms with E-state index in [2.05, 4.69) is 25.3 Å². The van der Waals surface area contributed by atoms with Gasteiger partial charge in [0, 0.05) is 5.92 Å². The van der Waals surface area contributed by atoms with E-state index >= 15 is 0 Å². The fourth-order valence-electron chi connectivity index (χ4n) is 3.34. The normalized spacial score (nSPS) is 30.4. The van der Waals surface area contributed by atoms with Crippen molar-refractivity contribution in [1.29, 1.82) is 0 Å². The zero-order valence-electron chi connectivity index (χ0n) is 10.7. The minimum atomic E-state index is 0.353. The summed E-state index contributed by atoms with van der Waals surface area (Å²) in [5.41, 5.74) is 1.58. The fraction of sp³-hybridized carbons (Fsp3) is 0.615. The van der Waals surface area contributed by atoms with Crippen molar-refractivity contribution >= 4 is 17.0 Å². The summed E-state index contributed by atoms with van der Waals surface area (Å²) >= 11 is 0. The van der Waals surface area contributed by atoms with Gasteiger partial charge in [0.2, 0.25) is 0 Å². The number of imidazole rings is 1. The van der Waals surface area contributed by atoms with Gasteiger partial charge < -0.3 is 15.0 Å². The van der Waals surface area contributed by atoms with E-state index in [4.69, 9.17) is 4.74 Å². The third-order valence-corrected chi connectivity index (χ3v) is 4.31. The Morgan fingerprint density at radius 2 is 2.16 bits per heavy atom. The van der Waals surface area contributed by atoms with Gasteiger partial charge in [-0.2, -0.15) is 0 Å². The van der Waals surface area contributed by atoms with Gasteiger partial charge in [-0.3, -0.25) is 0 Å². The van der Waals surface area contributed by atoms with Crippen LogP contribution < -0.4 is 5.32 Å². The molecule has 0 amide bonds. The van der Waals surface area contributed by atoms with E-state index in [-0.39, 0.29) is 0 Å². The molecule has 1 aliphatic carbocycles. The molecule has 2 N–H and O–H groups in total. The van der Waals surface area contributed by atoms with E-state index in [1.54, 1.807) is 12.7 Å². The van der Waals surface area contributed by atoms with Gasteiger partial charge in [0.05, 0.1) is 25.1 Å². The van der Waals surface area contributed by atoms with Crippen molar-refractivity contribution in [3.8, 4) is 0 Å². The van der Waals surface area contributed by atoms with E-state index in [1.807, 2.05) is 0 Å². The van der Waals surface area contributed by atoms with Crippen LogP contribution in [-0.4, -0.2) is 38.7 Å². The molecule has 0 aromatic carbocycles. The maximum atomic E-state index is 5.90. The summed E-state index contributed by atoms with van der Waals surface area (Å²) in [6.45, 7) is 0.773. The Balaban J connectivity index is 1.59. The SMILES string of the molecule is c1nc(NC2COC3CCCCC23)c2[nH]cnc2n1. The summed E-state index contributed by atoms with van der Waals surface area (Å²) in [7, 11) is 0. The smallest absolute Gasteiger partial charge is 0.182 e. The first-order valence-corrected chi connectivity index (χ1v) is 6.94. The largest absolute Gasteiger partial charge is 0.376 e. The summed E-state index contributed by atoms with van der Waals surface area (Å²) < 4.78 is 5.90. The third kappa shape index (κ3) is 1.87. The van der Waals surface area contributed by atoms with Crippen LogP contribution in [0.25, 0.3) is 11.2 Å². The predicted molar refractivity (Wildman–Crippen MR) is 70.8 cm³/mol. The summed E-state index contributed by atoms with van der Waals surface area (Å²) in [4.78, 5) is 15.7. The molecule has 6 nitrogen and oxygen atoms in total. The molecule has 100 valence electrons. The second-order valence-corrected chi connectivity index (χ2v) is 5.39. The Labute approximate surface area is 111 Å². The number of nitrogens with zero attached hydrogens (tertiary/aromatic N) is 3. The third-order valence-electron chi connectivity index (χ3n) is 4.31. The summed E-state index contributed by atoms with van der Waals surface area (Å²) in [5, 5.41) is 3.52. The zero-order chi connectivity index (χ0) is 12.7. The number of rotatable bonds is 2. The highest BCUT2D eigenvalue weighted by molar-refractivity contribution is 5.82. The Kier molecular flexibility index (Phi) is 2.61. The minimum Gasteiger partial charge on any atom is -0.376 e. The number of aromatic amines is 1. The molecule has 0 bridgehead atoms. The van der Waals surface area contributed by atoms with Crippen molar-refractivity contribution in [3.05, 3.63) is 12.7 Å². The number of fused-ring (bicyclic) bond motifs is 2. The number of aromatic nitrogens is 4. The quantitative estimate of drug-likeness (QED) is 0.859. The monoisotopic (exact) mass is 259 g/mol. The van der Waals surface area contributed by atoms with Crippen molar-refractivity contribution in [3.63, 3.8) is 0 Å². The van der Waals surface area contributed by atoms with E-state index in [0.717, 1.165) is 17.9 Å². The minimum absolute atomic E-state index is 0.353. The van der Waals surface area contributed by atoms with Crippen LogP contribution in [0.2, 0.25) is 0 Å². The molecule has 1 aliphatic heterocycles. The topological polar surface area (TPSA) is 75.7 Å². The van der Waals surface area contributed by atoms with Crippen molar-refractivity contribution < 1.29 is 4.74 Å². The van der Waals surface area contributed by atoms with E-state index in [1.165, 1.54) is 25.7 Å². The highest BCUT2D eigenvalue weighted by Gasteiger charge is 2.38. The lowest BCUT2D eigenvalue weighted by molar-refractivity contribution is 0.0663. The van der Waals surface area contributed by atoms with Gasteiger partial charge in [0.25, 0.3) is 0 Å². The van der Waals surface area contributed by atoms with Crippen molar-refractivity contribution in [2.75, 3.05) is 11.9 Å². The maximum Gasteiger partial charge on any atom is 0.182 e. The molecule has 1 saturated carbocycles. The molecule has 2 aliphatic rings. The van der Waals surface area contributed by atoms with Crippen LogP contribution in [0.3, 0.4) is 0 Å². The number of H-pyrrole nitrogens is 1. The van der Waals surface area contributed by atoms with Crippen LogP contribution >= 0.6 is 0 Å². The van der Waals surface area contributed by atoms with Crippen LogP contribution in [0.5, 0.6) is 0 Å². The average molecular weight is 259 g/mol. The van der Waals surface area contributed by atoms with E-state index in [9.17, 15) is 0 Å². The number of hydrogen-bond donors (Lipinski definition) is 2. The molecule has 0 radical (unpaired) electrons. The predicted octanol–water partition coefficient (Wildman–Crippen LogP) is 1.72. The molecule has 2 aromatic rings. The molecule has 19 heavy (non-hydrogen) atoms. The Morgan fingerprint density at radius 1 is 1.21 bits per heavy atom. The fourth-order valence-corrected chi connectivity index (χ4v) is 3.34. The van der Waals surface area contributed by atoms with Crippen molar-refractivity contribution in [2.45, 2.75) is 37.8 Å². The molecule has 1 saturated heterocycles. The molecule has 2 aromatic heterocycles. The second kappa shape index (κ2) is 4.45. The lowest BCUT2D eigenvalue weighted by atomic mass is 9.84. The molecular weight excluding hydrogens is 242 g/mol. The molecule has 0 spiro atoms. The van der Waals surface area contributed by atoms with E-state index in [0.29, 0.717) is 23.7 Å². The molecular formula is C13H17N5O. The Hall–Kier alpha value is -1.69. The highest BCUT2D eigenvalue weighted by atomic mass is 16.5. The lowest BCUT2D eigenvalue weighted by Crippen LogP contribution is -2.33. The summed E-state index contributed by atoms with van der Waals surface area (Å²) in [6, 6.07) is 0.353. The maximum absolute atomic E-state index is 5.90. The molecule has 4 rings (SSSR count). The number of ether oxygens (including phenoxy) is 1. The van der Waals surface area contributed by atoms with Gasteiger partial charge in [-0.05, 0) is 12.8 Å². The standard InChI is InChI=1S/C13H17N5O/c1-2-4-10-8(3-1)9(5-19-10)18-13-11-12(15-6-14-11)16-7-17-13/h6-10H,1-5H2,(H2,14,15,16,17,18). The molecule has 3 heterocycles. The second-order valence-electron chi connectivity index (χ2n) is 5.39. The van der Waals surface area contributed by atoms with Crippen LogP contribution in [-0.2, 0) is 4.74 Å². The van der Waals surface area contributed by atoms with Crippen LogP contribution in [0.15, 0.2) is 12.7 Å². The van der Waals surface area contributed by atoms with Crippen LogP contribution in [0.1, 0.15) is 25.7 Å². The van der Waals surface area contributed by atoms with E-state index < -0.39 is 0 Å². The van der Waals surface area contributed by atoms with Gasteiger partial charge >= 0.3 is 0 Å². The summed E-state index contributed by atoms with van der Waals surface area (Å²) in [5.74, 6) is 1.45. The van der Waals surface area contributed by atoms with Gasteiger partial charge in [0.15, 0.2) is 11.5 Å². The number of anilines is 1. The zero-order valence-corrected chi connectivity index (χ0v) is 10.7. The first-order chi connectivity index (χ1) is 9.42. The van der Waals surface area contributed by atoms with Gasteiger partial charge in [-0.25, -0.2) is 15.0 Å². The number of hydrogen-bond acceptors (Lipinski definition) is 5. The lowest BCUT2D eigenvalue weighted by Gasteiger charge is -2.27. The molecule has 3 unspecified atom stereocenters. The van der Waals surface area contributed by atoms with Gasteiger partial charge in [-0.15, -0.1) is 0 Å². The molecule has 2 fully saturated rings. The van der Waals surface area contributed by atoms with Crippen LogP contribution in [0.4, 0.5) is 5.82 Å². The van der Waals surface area contributed by atoms with Crippen LogP contribution in [0, 0.1) is 5.92 Å². The average Bonchev–Trinajstić information content (AvgIpc) is 3.06. The van der Waals surface area contributed by atoms with Gasteiger partial charge in [0.1, 0.15) is 11.8 Å². The molecule has 3 atom stereocenters. The highest BCUT2D eigenvalue weighted by Crippen LogP contribution is 2.35. The Morgan fingerprint density at radius 3 is 3.16 bits per heavy atom. The van der Waals surface area contributed by atoms with Gasteiger partial charge in [-0.1, -0.05) is 12.8 Å². The Bertz CT molecular complexity index is 583. The molecule has 6 heteroatoms. The van der Waals surface area contributed by atoms with Crippen molar-refractivity contribution in [2.24, 2.45) is 5.92 Å².